The molecular weight excluding hydrogens is 316 g/mol. The minimum atomic E-state index is 0.00875. The summed E-state index contributed by atoms with van der Waals surface area (Å²) in [5.74, 6) is 0.883. The van der Waals surface area contributed by atoms with Crippen molar-refractivity contribution in [1.29, 1.82) is 0 Å². The number of carbonyl (C=O) groups is 1. The van der Waals surface area contributed by atoms with E-state index in [0.717, 1.165) is 30.2 Å². The third kappa shape index (κ3) is 3.00. The van der Waals surface area contributed by atoms with Crippen LogP contribution in [0.2, 0.25) is 0 Å². The molecule has 1 saturated heterocycles. The smallest absolute Gasteiger partial charge is 0.317 e. The van der Waals surface area contributed by atoms with Gasteiger partial charge in [0.05, 0.1) is 5.69 Å². The fourth-order valence-electron chi connectivity index (χ4n) is 3.13. The van der Waals surface area contributed by atoms with E-state index in [2.05, 4.69) is 45.1 Å². The van der Waals surface area contributed by atoms with E-state index in [0.29, 0.717) is 13.1 Å². The third-order valence-electron chi connectivity index (χ3n) is 4.42. The Balaban J connectivity index is 1.66. The number of nitrogens with one attached hydrogen (secondary N) is 1. The molecule has 0 bridgehead atoms. The molecule has 1 aliphatic heterocycles. The second-order valence-electron chi connectivity index (χ2n) is 6.13. The van der Waals surface area contributed by atoms with Crippen molar-refractivity contribution >= 4 is 6.03 Å². The fourth-order valence-corrected chi connectivity index (χ4v) is 3.13. The lowest BCUT2D eigenvalue weighted by molar-refractivity contribution is 0.215. The maximum Gasteiger partial charge on any atom is 0.317 e. The minimum absolute atomic E-state index is 0.00875. The maximum absolute atomic E-state index is 11.7. The molecule has 0 spiro atoms. The van der Waals surface area contributed by atoms with Crippen LogP contribution in [0.25, 0.3) is 17.1 Å². The summed E-state index contributed by atoms with van der Waals surface area (Å²) in [5, 5.41) is 7.19. The summed E-state index contributed by atoms with van der Waals surface area (Å²) in [6.07, 6.45) is 7.45. The van der Waals surface area contributed by atoms with Crippen molar-refractivity contribution in [2.45, 2.75) is 13.5 Å². The highest BCUT2D eigenvalue weighted by molar-refractivity contribution is 5.76. The molecule has 1 fully saturated rings. The molecule has 0 atom stereocenters. The predicted octanol–water partition coefficient (Wildman–Crippen LogP) is 2.07. The van der Waals surface area contributed by atoms with Crippen molar-refractivity contribution in [3.8, 4) is 17.1 Å². The van der Waals surface area contributed by atoms with Gasteiger partial charge in [-0.2, -0.15) is 5.10 Å². The first kappa shape index (κ1) is 15.4. The van der Waals surface area contributed by atoms with Gasteiger partial charge < -0.3 is 14.8 Å². The van der Waals surface area contributed by atoms with E-state index in [9.17, 15) is 4.79 Å². The van der Waals surface area contributed by atoms with Gasteiger partial charge in [0.25, 0.3) is 0 Å². The standard InChI is InChI=1S/C18H20N6O/c1-14-3-4-16(24-8-2-5-21-24)15(13-14)17-19-6-9-22(17)11-12-23-10-7-20-18(23)25/h2-6,8-9,13H,7,10-12H2,1H3,(H,20,25). The number of hydrogen-bond acceptors (Lipinski definition) is 3. The molecule has 7 heteroatoms. The third-order valence-corrected chi connectivity index (χ3v) is 4.42. The van der Waals surface area contributed by atoms with Crippen LogP contribution < -0.4 is 5.32 Å². The van der Waals surface area contributed by atoms with Crippen molar-refractivity contribution in [3.63, 3.8) is 0 Å². The van der Waals surface area contributed by atoms with E-state index in [4.69, 9.17) is 0 Å². The van der Waals surface area contributed by atoms with Crippen LogP contribution in [0.3, 0.4) is 0 Å². The summed E-state index contributed by atoms with van der Waals surface area (Å²) in [7, 11) is 0. The van der Waals surface area contributed by atoms with Crippen LogP contribution in [0, 0.1) is 6.92 Å². The van der Waals surface area contributed by atoms with Crippen molar-refractivity contribution in [1.82, 2.24) is 29.5 Å². The molecule has 3 heterocycles. The van der Waals surface area contributed by atoms with E-state index in [1.807, 2.05) is 28.0 Å². The average molecular weight is 336 g/mol. The molecule has 0 unspecified atom stereocenters. The lowest BCUT2D eigenvalue weighted by atomic mass is 10.1. The van der Waals surface area contributed by atoms with Gasteiger partial charge in [0.2, 0.25) is 0 Å². The molecule has 2 aromatic heterocycles. The molecule has 0 saturated carbocycles. The van der Waals surface area contributed by atoms with Crippen LogP contribution in [0.15, 0.2) is 49.1 Å². The van der Waals surface area contributed by atoms with Crippen LogP contribution in [0.5, 0.6) is 0 Å². The molecule has 4 rings (SSSR count). The first-order chi connectivity index (χ1) is 12.2. The van der Waals surface area contributed by atoms with Gasteiger partial charge in [-0.3, -0.25) is 0 Å². The molecule has 7 nitrogen and oxygen atoms in total. The summed E-state index contributed by atoms with van der Waals surface area (Å²) in [4.78, 5) is 18.1. The number of urea groups is 1. The second-order valence-corrected chi connectivity index (χ2v) is 6.13. The Hall–Kier alpha value is -3.09. The number of hydrogen-bond donors (Lipinski definition) is 1. The summed E-state index contributed by atoms with van der Waals surface area (Å²) >= 11 is 0. The molecule has 1 N–H and O–H groups in total. The van der Waals surface area contributed by atoms with Gasteiger partial charge in [-0.25, -0.2) is 14.5 Å². The van der Waals surface area contributed by atoms with Crippen LogP contribution in [0.1, 0.15) is 5.56 Å². The summed E-state index contributed by atoms with van der Waals surface area (Å²) in [5.41, 5.74) is 3.18. The average Bonchev–Trinajstić information content (AvgIpc) is 3.35. The number of aryl methyl sites for hydroxylation is 1. The quantitative estimate of drug-likeness (QED) is 0.775. The normalized spacial score (nSPS) is 14.1. The highest BCUT2D eigenvalue weighted by atomic mass is 16.2. The number of aromatic nitrogens is 4. The van der Waals surface area contributed by atoms with Crippen molar-refractivity contribution < 1.29 is 4.79 Å². The first-order valence-electron chi connectivity index (χ1n) is 8.37. The lowest BCUT2D eigenvalue weighted by Gasteiger charge is -2.17. The van der Waals surface area contributed by atoms with Crippen LogP contribution >= 0.6 is 0 Å². The van der Waals surface area contributed by atoms with Gasteiger partial charge in [-0.05, 0) is 25.1 Å². The highest BCUT2D eigenvalue weighted by Gasteiger charge is 2.20. The molecule has 0 aliphatic carbocycles. The van der Waals surface area contributed by atoms with Crippen LogP contribution in [-0.2, 0) is 6.54 Å². The highest BCUT2D eigenvalue weighted by Crippen LogP contribution is 2.26. The Morgan fingerprint density at radius 3 is 2.88 bits per heavy atom. The zero-order chi connectivity index (χ0) is 17.2. The topological polar surface area (TPSA) is 68.0 Å². The number of rotatable bonds is 5. The molecule has 128 valence electrons. The summed E-state index contributed by atoms with van der Waals surface area (Å²) < 4.78 is 3.94. The van der Waals surface area contributed by atoms with E-state index in [-0.39, 0.29) is 6.03 Å². The Labute approximate surface area is 145 Å². The zero-order valence-corrected chi connectivity index (χ0v) is 14.1. The van der Waals surface area contributed by atoms with E-state index in [1.165, 1.54) is 5.56 Å². The van der Waals surface area contributed by atoms with Gasteiger partial charge in [0.15, 0.2) is 0 Å². The summed E-state index contributed by atoms with van der Waals surface area (Å²) in [6, 6.07) is 8.17. The second kappa shape index (κ2) is 6.43. The Kier molecular flexibility index (Phi) is 3.97. The Morgan fingerprint density at radius 2 is 2.12 bits per heavy atom. The maximum atomic E-state index is 11.7. The number of amides is 2. The van der Waals surface area contributed by atoms with Crippen LogP contribution in [-0.4, -0.2) is 49.9 Å². The number of nitrogens with zero attached hydrogens (tertiary/aromatic N) is 5. The molecule has 0 radical (unpaired) electrons. The first-order valence-corrected chi connectivity index (χ1v) is 8.37. The fraction of sp³-hybridized carbons (Fsp3) is 0.278. The van der Waals surface area contributed by atoms with Gasteiger partial charge in [0, 0.05) is 56.5 Å². The number of imidazole rings is 1. The molecule has 2 amide bonds. The van der Waals surface area contributed by atoms with E-state index < -0.39 is 0 Å². The van der Waals surface area contributed by atoms with Gasteiger partial charge in [-0.1, -0.05) is 11.6 Å². The van der Waals surface area contributed by atoms with E-state index in [1.54, 1.807) is 12.4 Å². The van der Waals surface area contributed by atoms with Crippen LogP contribution in [0.4, 0.5) is 4.79 Å². The van der Waals surface area contributed by atoms with Crippen molar-refractivity contribution in [2.75, 3.05) is 19.6 Å². The van der Waals surface area contributed by atoms with Crippen molar-refractivity contribution in [2.24, 2.45) is 0 Å². The zero-order valence-electron chi connectivity index (χ0n) is 14.1. The Bertz CT molecular complexity index is 883. The number of benzene rings is 1. The predicted molar refractivity (Wildman–Crippen MR) is 94.5 cm³/mol. The van der Waals surface area contributed by atoms with Gasteiger partial charge in [-0.15, -0.1) is 0 Å². The SMILES string of the molecule is Cc1ccc(-n2cccn2)c(-c2nccn2CCN2CCNC2=O)c1. The monoisotopic (exact) mass is 336 g/mol. The van der Waals surface area contributed by atoms with E-state index >= 15 is 0 Å². The summed E-state index contributed by atoms with van der Waals surface area (Å²) in [6.45, 7) is 4.91. The van der Waals surface area contributed by atoms with Gasteiger partial charge in [0.1, 0.15) is 5.82 Å². The lowest BCUT2D eigenvalue weighted by Crippen LogP contribution is -2.31. The molecule has 1 aromatic carbocycles. The molecule has 25 heavy (non-hydrogen) atoms. The van der Waals surface area contributed by atoms with Crippen molar-refractivity contribution in [3.05, 3.63) is 54.6 Å². The van der Waals surface area contributed by atoms with Gasteiger partial charge >= 0.3 is 6.03 Å². The Morgan fingerprint density at radius 1 is 1.20 bits per heavy atom. The molecule has 1 aliphatic rings. The largest absolute Gasteiger partial charge is 0.336 e. The molecular formula is C18H20N6O. The molecule has 3 aromatic rings. The number of carbonyl (C=O) groups excluding carboxylic acids is 1. The minimum Gasteiger partial charge on any atom is -0.336 e.